The fourth-order valence-corrected chi connectivity index (χ4v) is 3.96. The molecule has 8 nitrogen and oxygen atoms in total. The van der Waals surface area contributed by atoms with E-state index >= 15 is 0 Å². The van der Waals surface area contributed by atoms with Gasteiger partial charge in [0.1, 0.15) is 5.35 Å². The molecule has 1 aliphatic rings. The fraction of sp³-hybridized carbons (Fsp3) is 0.182. The summed E-state index contributed by atoms with van der Waals surface area (Å²) in [5, 5.41) is 7.03. The average molecular weight is 438 g/mol. The van der Waals surface area contributed by atoms with Crippen molar-refractivity contribution in [1.29, 1.82) is 0 Å². The number of thiazole rings is 1. The van der Waals surface area contributed by atoms with Crippen molar-refractivity contribution in [2.75, 3.05) is 33.1 Å². The Hall–Kier alpha value is -3.72. The first kappa shape index (κ1) is 22.0. The van der Waals surface area contributed by atoms with Crippen LogP contribution in [-0.4, -0.2) is 56.2 Å². The Morgan fingerprint density at radius 1 is 1.29 bits per heavy atom. The number of benzene rings is 1. The SMILES string of the molecule is C=N/C=C\C(=C)C1=c2sc(NC(=O)c3ccc(C(=O)N(C)C)cc3)nc2=C(OC)NC1. The van der Waals surface area contributed by atoms with E-state index in [-0.39, 0.29) is 11.8 Å². The van der Waals surface area contributed by atoms with E-state index < -0.39 is 0 Å². The third kappa shape index (κ3) is 4.72. The smallest absolute Gasteiger partial charge is 0.257 e. The van der Waals surface area contributed by atoms with Gasteiger partial charge in [-0.25, -0.2) is 4.98 Å². The first-order valence-corrected chi connectivity index (χ1v) is 10.1. The van der Waals surface area contributed by atoms with E-state index in [4.69, 9.17) is 4.74 Å². The summed E-state index contributed by atoms with van der Waals surface area (Å²) in [5.41, 5.74) is 2.63. The van der Waals surface area contributed by atoms with Gasteiger partial charge >= 0.3 is 0 Å². The van der Waals surface area contributed by atoms with Gasteiger partial charge in [-0.1, -0.05) is 17.9 Å². The van der Waals surface area contributed by atoms with E-state index in [2.05, 4.69) is 33.9 Å². The maximum Gasteiger partial charge on any atom is 0.257 e. The number of methoxy groups -OCH3 is 1. The van der Waals surface area contributed by atoms with E-state index in [0.717, 1.165) is 15.7 Å². The molecule has 0 spiro atoms. The zero-order valence-electron chi connectivity index (χ0n) is 17.6. The Balaban J connectivity index is 1.92. The topological polar surface area (TPSA) is 95.9 Å². The highest BCUT2D eigenvalue weighted by atomic mass is 32.1. The number of allylic oxidation sites excluding steroid dienone is 1. The largest absolute Gasteiger partial charge is 0.481 e. The molecule has 0 unspecified atom stereocenters. The highest BCUT2D eigenvalue weighted by molar-refractivity contribution is 7.13. The summed E-state index contributed by atoms with van der Waals surface area (Å²) in [4.78, 5) is 34.4. The second-order valence-electron chi connectivity index (χ2n) is 6.82. The van der Waals surface area contributed by atoms with Crippen LogP contribution < -0.4 is 20.5 Å². The second-order valence-corrected chi connectivity index (χ2v) is 7.82. The molecule has 3 rings (SSSR count). The number of ether oxygens (including phenoxy) is 1. The molecule has 0 aliphatic carbocycles. The van der Waals surface area contributed by atoms with Gasteiger partial charge in [0, 0.05) is 38.0 Å². The highest BCUT2D eigenvalue weighted by Crippen LogP contribution is 2.16. The van der Waals surface area contributed by atoms with Crippen LogP contribution in [0.1, 0.15) is 20.7 Å². The molecular formula is C22H23N5O3S. The van der Waals surface area contributed by atoms with Crippen molar-refractivity contribution < 1.29 is 14.3 Å². The summed E-state index contributed by atoms with van der Waals surface area (Å²) in [6.45, 7) is 8.02. The molecule has 0 fully saturated rings. The van der Waals surface area contributed by atoms with E-state index in [1.807, 2.05) is 0 Å². The van der Waals surface area contributed by atoms with Crippen LogP contribution in [0.5, 0.6) is 0 Å². The fourth-order valence-electron chi connectivity index (χ4n) is 2.93. The lowest BCUT2D eigenvalue weighted by Crippen LogP contribution is -2.40. The van der Waals surface area contributed by atoms with Crippen molar-refractivity contribution in [3.8, 4) is 0 Å². The molecule has 2 aromatic rings. The van der Waals surface area contributed by atoms with Gasteiger partial charge in [-0.15, -0.1) is 0 Å². The molecule has 1 aromatic heterocycles. The number of hydrogen-bond donors (Lipinski definition) is 2. The van der Waals surface area contributed by atoms with Gasteiger partial charge in [0.05, 0.1) is 11.6 Å². The van der Waals surface area contributed by atoms with Gasteiger partial charge < -0.3 is 15.0 Å². The van der Waals surface area contributed by atoms with Crippen molar-refractivity contribution in [3.63, 3.8) is 0 Å². The third-order valence-electron chi connectivity index (χ3n) is 4.54. The van der Waals surface area contributed by atoms with Crippen LogP contribution in [0.2, 0.25) is 0 Å². The lowest BCUT2D eigenvalue weighted by Gasteiger charge is -2.15. The molecular weight excluding hydrogens is 414 g/mol. The second kappa shape index (κ2) is 9.40. The predicted octanol–water partition coefficient (Wildman–Crippen LogP) is 1.33. The lowest BCUT2D eigenvalue weighted by atomic mass is 10.1. The molecule has 0 radical (unpaired) electrons. The van der Waals surface area contributed by atoms with Gasteiger partial charge in [0.25, 0.3) is 11.8 Å². The quantitative estimate of drug-likeness (QED) is 0.503. The number of aromatic nitrogens is 1. The number of aliphatic imine (C=N–C) groups is 1. The number of nitrogens with zero attached hydrogens (tertiary/aromatic N) is 3. The Labute approximate surface area is 184 Å². The maximum atomic E-state index is 12.7. The molecule has 31 heavy (non-hydrogen) atoms. The molecule has 2 heterocycles. The van der Waals surface area contributed by atoms with Crippen LogP contribution in [0.4, 0.5) is 5.13 Å². The highest BCUT2D eigenvalue weighted by Gasteiger charge is 2.18. The number of carbonyl (C=O) groups excluding carboxylic acids is 2. The van der Waals surface area contributed by atoms with Crippen molar-refractivity contribution in [1.82, 2.24) is 15.2 Å². The van der Waals surface area contributed by atoms with E-state index in [0.29, 0.717) is 34.0 Å². The Morgan fingerprint density at radius 2 is 1.97 bits per heavy atom. The zero-order chi connectivity index (χ0) is 22.5. The maximum absolute atomic E-state index is 12.7. The van der Waals surface area contributed by atoms with E-state index in [9.17, 15) is 9.59 Å². The Kier molecular flexibility index (Phi) is 6.66. The van der Waals surface area contributed by atoms with Gasteiger partial charge in [0.15, 0.2) is 5.13 Å². The van der Waals surface area contributed by atoms with E-state index in [1.54, 1.807) is 57.7 Å². The van der Waals surface area contributed by atoms with Crippen LogP contribution >= 0.6 is 11.3 Å². The number of carbonyl (C=O) groups is 2. The number of nitrogens with one attached hydrogen (secondary N) is 2. The van der Waals surface area contributed by atoms with Crippen LogP contribution in [0, 0.1) is 0 Å². The summed E-state index contributed by atoms with van der Waals surface area (Å²) >= 11 is 1.34. The van der Waals surface area contributed by atoms with Gasteiger partial charge in [0.2, 0.25) is 5.88 Å². The molecule has 9 heteroatoms. The first-order valence-electron chi connectivity index (χ1n) is 9.32. The van der Waals surface area contributed by atoms with Crippen LogP contribution in [0.3, 0.4) is 0 Å². The predicted molar refractivity (Wildman–Crippen MR) is 123 cm³/mol. The van der Waals surface area contributed by atoms with Gasteiger partial charge in [-0.05, 0) is 48.2 Å². The summed E-state index contributed by atoms with van der Waals surface area (Å²) in [6.07, 6.45) is 3.33. The third-order valence-corrected chi connectivity index (χ3v) is 5.57. The van der Waals surface area contributed by atoms with E-state index in [1.165, 1.54) is 16.2 Å². The molecule has 1 aromatic carbocycles. The summed E-state index contributed by atoms with van der Waals surface area (Å²) in [5.74, 6) is 0.0809. The van der Waals surface area contributed by atoms with Crippen LogP contribution in [0.25, 0.3) is 11.5 Å². The summed E-state index contributed by atoms with van der Waals surface area (Å²) < 4.78 is 6.25. The summed E-state index contributed by atoms with van der Waals surface area (Å²) in [7, 11) is 4.91. The lowest BCUT2D eigenvalue weighted by molar-refractivity contribution is 0.0827. The minimum absolute atomic E-state index is 0.126. The molecule has 0 saturated carbocycles. The summed E-state index contributed by atoms with van der Waals surface area (Å²) in [6, 6.07) is 6.47. The molecule has 0 saturated heterocycles. The normalized spacial score (nSPS) is 12.7. The molecule has 160 valence electrons. The van der Waals surface area contributed by atoms with Crippen molar-refractivity contribution in [2.45, 2.75) is 0 Å². The van der Waals surface area contributed by atoms with Crippen molar-refractivity contribution in [2.24, 2.45) is 4.99 Å². The average Bonchev–Trinajstić information content (AvgIpc) is 3.19. The first-order chi connectivity index (χ1) is 14.8. The van der Waals surface area contributed by atoms with Crippen LogP contribution in [-0.2, 0) is 4.74 Å². The minimum atomic E-state index is -0.321. The van der Waals surface area contributed by atoms with Gasteiger partial charge in [-0.2, -0.15) is 0 Å². The van der Waals surface area contributed by atoms with Gasteiger partial charge in [-0.3, -0.25) is 19.9 Å². The molecule has 2 N–H and O–H groups in total. The number of amides is 2. The molecule has 1 aliphatic heterocycles. The standard InChI is InChI=1S/C22H23N5O3S/c1-13(10-11-23-2)16-12-24-20(30-5)17-18(16)31-22(25-17)26-19(28)14-6-8-15(9-7-14)21(29)27(3)4/h6-11,24H,1-2,12H2,3-5H3,(H,25,26,28)/b11-10-. The molecule has 2 amide bonds. The number of hydrogen-bond acceptors (Lipinski definition) is 7. The van der Waals surface area contributed by atoms with Crippen molar-refractivity contribution >= 4 is 46.5 Å². The Morgan fingerprint density at radius 3 is 2.58 bits per heavy atom. The minimum Gasteiger partial charge on any atom is -0.481 e. The Bertz CT molecular complexity index is 1190. The monoisotopic (exact) mass is 437 g/mol. The number of fused-ring (bicyclic) bond motifs is 1. The van der Waals surface area contributed by atoms with Crippen LogP contribution in [0.15, 0.2) is 53.7 Å². The zero-order valence-corrected chi connectivity index (χ0v) is 18.4. The number of anilines is 1. The van der Waals surface area contributed by atoms with Crippen molar-refractivity contribution in [3.05, 3.63) is 69.7 Å². The molecule has 0 bridgehead atoms. The molecule has 0 atom stereocenters. The number of rotatable bonds is 7.